The Bertz CT molecular complexity index is 1120. The van der Waals surface area contributed by atoms with Crippen LogP contribution in [-0.4, -0.2) is 24.3 Å². The molecule has 3 aromatic rings. The van der Waals surface area contributed by atoms with Gasteiger partial charge in [-0.3, -0.25) is 13.9 Å². The fraction of sp³-hybridized carbons (Fsp3) is 0.438. The van der Waals surface area contributed by atoms with E-state index in [2.05, 4.69) is 15.1 Å². The van der Waals surface area contributed by atoms with Gasteiger partial charge in [-0.15, -0.1) is 0 Å². The number of aromatic nitrogens is 5. The lowest BCUT2D eigenvalue weighted by Crippen LogP contribution is -2.44. The summed E-state index contributed by atoms with van der Waals surface area (Å²) in [7, 11) is 3.02. The zero-order valence-corrected chi connectivity index (χ0v) is 14.2. The minimum Gasteiger partial charge on any atom is -0.332 e. The van der Waals surface area contributed by atoms with Crippen molar-refractivity contribution in [2.24, 2.45) is 19.8 Å². The first-order valence-corrected chi connectivity index (χ1v) is 8.02. The number of hydrogen-bond acceptors (Lipinski definition) is 7. The highest BCUT2D eigenvalue weighted by molar-refractivity contribution is 5.80. The van der Waals surface area contributed by atoms with Crippen LogP contribution in [-0.2, 0) is 19.6 Å². The molecule has 0 spiro atoms. The predicted molar refractivity (Wildman–Crippen MR) is 90.0 cm³/mol. The Labute approximate surface area is 142 Å². The maximum Gasteiger partial charge on any atom is 0.332 e. The van der Waals surface area contributed by atoms with E-state index in [1.165, 1.54) is 11.6 Å². The molecule has 0 unspecified atom stereocenters. The summed E-state index contributed by atoms with van der Waals surface area (Å²) in [5.74, 6) is 0.691. The van der Waals surface area contributed by atoms with Crippen molar-refractivity contribution in [2.45, 2.75) is 31.7 Å². The highest BCUT2D eigenvalue weighted by Gasteiger charge is 2.39. The second-order valence-electron chi connectivity index (χ2n) is 6.66. The van der Waals surface area contributed by atoms with Gasteiger partial charge in [0.1, 0.15) is 11.3 Å². The largest absolute Gasteiger partial charge is 0.332 e. The zero-order valence-electron chi connectivity index (χ0n) is 14.2. The predicted octanol–water partition coefficient (Wildman–Crippen LogP) is 0.329. The first-order chi connectivity index (χ1) is 11.8. The fourth-order valence-corrected chi connectivity index (χ4v) is 3.15. The van der Waals surface area contributed by atoms with Gasteiger partial charge >= 0.3 is 5.69 Å². The second kappa shape index (κ2) is 5.09. The summed E-state index contributed by atoms with van der Waals surface area (Å²) < 4.78 is 7.73. The molecule has 1 aliphatic rings. The number of rotatable bonds is 2. The summed E-state index contributed by atoms with van der Waals surface area (Å²) >= 11 is 0. The number of nitrogens with zero attached hydrogens (tertiary/aromatic N) is 5. The zero-order chi connectivity index (χ0) is 17.9. The number of pyridine rings is 1. The smallest absolute Gasteiger partial charge is 0.332 e. The lowest BCUT2D eigenvalue weighted by molar-refractivity contribution is 0.229. The van der Waals surface area contributed by atoms with E-state index in [0.717, 1.165) is 23.8 Å². The van der Waals surface area contributed by atoms with Crippen molar-refractivity contribution in [3.05, 3.63) is 38.3 Å². The van der Waals surface area contributed by atoms with Gasteiger partial charge in [-0.25, -0.2) is 9.78 Å². The Morgan fingerprint density at radius 1 is 1.20 bits per heavy atom. The van der Waals surface area contributed by atoms with Crippen LogP contribution in [0.25, 0.3) is 22.6 Å². The molecule has 130 valence electrons. The molecule has 25 heavy (non-hydrogen) atoms. The Hall–Kier alpha value is -2.81. The van der Waals surface area contributed by atoms with Crippen LogP contribution in [0.3, 0.4) is 0 Å². The lowest BCUT2D eigenvalue weighted by Gasteiger charge is -2.34. The van der Waals surface area contributed by atoms with E-state index in [1.54, 1.807) is 20.0 Å². The minimum atomic E-state index is -0.531. The number of hydrogen-bond donors (Lipinski definition) is 1. The van der Waals surface area contributed by atoms with Crippen molar-refractivity contribution < 1.29 is 4.52 Å². The molecular formula is C16H18N6O3. The third kappa shape index (κ3) is 2.15. The van der Waals surface area contributed by atoms with Crippen molar-refractivity contribution in [3.8, 4) is 11.6 Å². The highest BCUT2D eigenvalue weighted by Crippen LogP contribution is 2.37. The first kappa shape index (κ1) is 15.7. The quantitative estimate of drug-likeness (QED) is 0.712. The topological polar surface area (TPSA) is 122 Å². The van der Waals surface area contributed by atoms with E-state index >= 15 is 0 Å². The van der Waals surface area contributed by atoms with E-state index < -0.39 is 11.2 Å². The van der Waals surface area contributed by atoms with Crippen molar-refractivity contribution in [3.63, 3.8) is 0 Å². The molecule has 9 nitrogen and oxygen atoms in total. The van der Waals surface area contributed by atoms with Crippen LogP contribution in [0.2, 0.25) is 0 Å². The first-order valence-electron chi connectivity index (χ1n) is 8.02. The van der Waals surface area contributed by atoms with E-state index in [1.807, 2.05) is 0 Å². The van der Waals surface area contributed by atoms with Crippen molar-refractivity contribution in [1.29, 1.82) is 0 Å². The number of fused-ring (bicyclic) bond motifs is 1. The molecule has 0 aliphatic heterocycles. The van der Waals surface area contributed by atoms with E-state index in [0.29, 0.717) is 22.5 Å². The molecule has 4 rings (SSSR count). The van der Waals surface area contributed by atoms with Crippen LogP contribution in [0.4, 0.5) is 0 Å². The van der Waals surface area contributed by atoms with E-state index in [9.17, 15) is 9.59 Å². The molecule has 1 saturated carbocycles. The summed E-state index contributed by atoms with van der Waals surface area (Å²) in [6, 6.07) is 1.70. The molecule has 0 amide bonds. The fourth-order valence-electron chi connectivity index (χ4n) is 3.15. The Morgan fingerprint density at radius 2 is 1.92 bits per heavy atom. The third-order valence-corrected chi connectivity index (χ3v) is 4.94. The van der Waals surface area contributed by atoms with Crippen molar-refractivity contribution in [1.82, 2.24) is 24.3 Å². The molecule has 1 aliphatic carbocycles. The maximum absolute atomic E-state index is 12.4. The molecule has 0 aromatic carbocycles. The van der Waals surface area contributed by atoms with Gasteiger partial charge in [0.15, 0.2) is 5.82 Å². The SMILES string of the molecule is Cc1cc(-c2nc(C3(N)CCC3)no2)nc2c1c(=O)n(C)c(=O)n2C. The number of nitrogens with two attached hydrogens (primary N) is 1. The molecule has 9 heteroatoms. The molecule has 0 bridgehead atoms. The Kier molecular flexibility index (Phi) is 3.20. The lowest BCUT2D eigenvalue weighted by atomic mass is 9.77. The van der Waals surface area contributed by atoms with Crippen LogP contribution >= 0.6 is 0 Å². The van der Waals surface area contributed by atoms with Crippen LogP contribution in [0.15, 0.2) is 20.2 Å². The third-order valence-electron chi connectivity index (χ3n) is 4.94. The molecular weight excluding hydrogens is 324 g/mol. The monoisotopic (exact) mass is 342 g/mol. The Balaban J connectivity index is 1.93. The van der Waals surface area contributed by atoms with Gasteiger partial charge in [-0.05, 0) is 37.8 Å². The van der Waals surface area contributed by atoms with Gasteiger partial charge in [0.25, 0.3) is 11.4 Å². The normalized spacial score (nSPS) is 16.2. The molecule has 0 radical (unpaired) electrons. The van der Waals surface area contributed by atoms with Crippen LogP contribution in [0, 0.1) is 6.92 Å². The summed E-state index contributed by atoms with van der Waals surface area (Å²) in [5, 5.41) is 4.37. The van der Waals surface area contributed by atoms with Crippen LogP contribution in [0.5, 0.6) is 0 Å². The van der Waals surface area contributed by atoms with Gasteiger partial charge in [0.2, 0.25) is 0 Å². The second-order valence-corrected chi connectivity index (χ2v) is 6.66. The summed E-state index contributed by atoms with van der Waals surface area (Å²) in [6.45, 7) is 1.78. The summed E-state index contributed by atoms with van der Waals surface area (Å²) in [4.78, 5) is 33.4. The standard InChI is InChI=1S/C16H18N6O3/c1-8-7-9(12-19-14(20-25-12)16(17)5-4-6-16)18-11-10(8)13(23)22(3)15(24)21(11)2/h7H,4-6,17H2,1-3H3. The maximum atomic E-state index is 12.4. The van der Waals surface area contributed by atoms with Crippen molar-refractivity contribution >= 4 is 11.0 Å². The van der Waals surface area contributed by atoms with Gasteiger partial charge < -0.3 is 10.3 Å². The van der Waals surface area contributed by atoms with Crippen LogP contribution < -0.4 is 17.0 Å². The van der Waals surface area contributed by atoms with Gasteiger partial charge in [0.05, 0.1) is 10.9 Å². The average molecular weight is 342 g/mol. The van der Waals surface area contributed by atoms with Crippen LogP contribution in [0.1, 0.15) is 30.7 Å². The summed E-state index contributed by atoms with van der Waals surface area (Å²) in [6.07, 6.45) is 2.68. The molecule has 0 atom stereocenters. The molecule has 3 heterocycles. The Morgan fingerprint density at radius 3 is 2.56 bits per heavy atom. The average Bonchev–Trinajstić information content (AvgIpc) is 3.05. The van der Waals surface area contributed by atoms with Crippen molar-refractivity contribution in [2.75, 3.05) is 0 Å². The highest BCUT2D eigenvalue weighted by atomic mass is 16.5. The molecule has 3 aromatic heterocycles. The molecule has 0 saturated heterocycles. The molecule has 2 N–H and O–H groups in total. The van der Waals surface area contributed by atoms with Gasteiger partial charge in [-0.1, -0.05) is 5.16 Å². The van der Waals surface area contributed by atoms with Gasteiger partial charge in [-0.2, -0.15) is 4.98 Å². The van der Waals surface area contributed by atoms with Gasteiger partial charge in [0, 0.05) is 14.1 Å². The minimum absolute atomic E-state index is 0.227. The molecule has 1 fully saturated rings. The van der Waals surface area contributed by atoms with E-state index in [-0.39, 0.29) is 17.1 Å². The summed E-state index contributed by atoms with van der Waals surface area (Å²) in [5.41, 5.74) is 6.25. The number of aryl methyl sites for hydroxylation is 2. The van der Waals surface area contributed by atoms with E-state index in [4.69, 9.17) is 10.3 Å².